The minimum absolute atomic E-state index is 0.614. The molecule has 2 rings (SSSR count). The molecule has 0 N–H and O–H groups in total. The Morgan fingerprint density at radius 3 is 2.42 bits per heavy atom. The summed E-state index contributed by atoms with van der Waals surface area (Å²) in [6, 6.07) is 8.14. The van der Waals surface area contributed by atoms with Crippen LogP contribution in [0.5, 0.6) is 0 Å². The van der Waals surface area contributed by atoms with Crippen LogP contribution in [0.15, 0.2) is 28.7 Å². The first-order valence-corrected chi connectivity index (χ1v) is 11.3. The predicted octanol–water partition coefficient (Wildman–Crippen LogP) is 4.16. The molecule has 1 heterocycles. The zero-order valence-corrected chi connectivity index (χ0v) is 13.8. The molecule has 0 fully saturated rings. The summed E-state index contributed by atoms with van der Waals surface area (Å²) in [4.78, 5) is 0. The van der Waals surface area contributed by atoms with E-state index in [9.17, 15) is 0 Å². The second kappa shape index (κ2) is 5.92. The fourth-order valence-corrected chi connectivity index (χ4v) is 4.72. The Hall–Kier alpha value is -1.07. The number of thioether (sulfide) groups is 1. The molecule has 19 heavy (non-hydrogen) atoms. The third kappa shape index (κ3) is 4.51. The van der Waals surface area contributed by atoms with Gasteiger partial charge in [0.15, 0.2) is 0 Å². The van der Waals surface area contributed by atoms with E-state index < -0.39 is 8.07 Å². The lowest BCUT2D eigenvalue weighted by Crippen LogP contribution is -2.23. The van der Waals surface area contributed by atoms with Crippen LogP contribution in [0.3, 0.4) is 0 Å². The highest BCUT2D eigenvalue weighted by molar-refractivity contribution is 8.00. The van der Waals surface area contributed by atoms with E-state index in [2.05, 4.69) is 48.9 Å². The van der Waals surface area contributed by atoms with Crippen LogP contribution >= 0.6 is 11.8 Å². The van der Waals surface area contributed by atoms with E-state index in [0.29, 0.717) is 5.89 Å². The Balaban J connectivity index is 1.97. The molecule has 1 aromatic carbocycles. The molecule has 1 aromatic heterocycles. The van der Waals surface area contributed by atoms with Crippen LogP contribution in [0, 0.1) is 6.92 Å². The molecule has 5 heteroatoms. The molecule has 0 radical (unpaired) electrons. The van der Waals surface area contributed by atoms with Crippen molar-refractivity contribution >= 4 is 19.8 Å². The first-order valence-electron chi connectivity index (χ1n) is 6.41. The lowest BCUT2D eigenvalue weighted by atomic mass is 10.1. The molecule has 102 valence electrons. The van der Waals surface area contributed by atoms with E-state index in [1.165, 1.54) is 10.9 Å². The molecular weight excluding hydrogens is 272 g/mol. The molecule has 0 saturated heterocycles. The van der Waals surface area contributed by atoms with Crippen molar-refractivity contribution in [3.05, 3.63) is 35.7 Å². The average Bonchev–Trinajstić information content (AvgIpc) is 2.77. The van der Waals surface area contributed by atoms with Crippen LogP contribution in [0.1, 0.15) is 11.5 Å². The van der Waals surface area contributed by atoms with Crippen molar-refractivity contribution in [2.75, 3.05) is 5.38 Å². The third-order valence-electron chi connectivity index (χ3n) is 2.53. The van der Waals surface area contributed by atoms with E-state index in [1.807, 2.05) is 23.9 Å². The first kappa shape index (κ1) is 14.3. The summed E-state index contributed by atoms with van der Waals surface area (Å²) in [6.45, 7) is 9.17. The van der Waals surface area contributed by atoms with Gasteiger partial charge in [-0.15, -0.1) is 10.2 Å². The van der Waals surface area contributed by atoms with Gasteiger partial charge in [-0.3, -0.25) is 0 Å². The van der Waals surface area contributed by atoms with Gasteiger partial charge in [-0.1, -0.05) is 37.3 Å². The number of rotatable bonds is 5. The molecule has 0 aliphatic heterocycles. The van der Waals surface area contributed by atoms with Gasteiger partial charge in [-0.25, -0.2) is 0 Å². The SMILES string of the molecule is Cc1ccc(-c2nnc(CSC[Si](C)(C)C)o2)cc1. The van der Waals surface area contributed by atoms with Crippen molar-refractivity contribution in [1.29, 1.82) is 0 Å². The summed E-state index contributed by atoms with van der Waals surface area (Å²) in [5.74, 6) is 2.14. The molecule has 3 nitrogen and oxygen atoms in total. The van der Waals surface area contributed by atoms with E-state index in [-0.39, 0.29) is 0 Å². The molecule has 0 unspecified atom stereocenters. The van der Waals surface area contributed by atoms with E-state index in [0.717, 1.165) is 17.2 Å². The van der Waals surface area contributed by atoms with Crippen LogP contribution in [0.2, 0.25) is 19.6 Å². The highest BCUT2D eigenvalue weighted by atomic mass is 32.2. The van der Waals surface area contributed by atoms with Crippen molar-refractivity contribution in [1.82, 2.24) is 10.2 Å². The molecule has 0 amide bonds. The third-order valence-corrected chi connectivity index (χ3v) is 7.26. The van der Waals surface area contributed by atoms with Gasteiger partial charge >= 0.3 is 0 Å². The standard InChI is InChI=1S/C14H20N2OSSi/c1-11-5-7-12(8-6-11)14-16-15-13(17-14)9-18-10-19(2,3)4/h5-8H,9-10H2,1-4H3. The Morgan fingerprint density at radius 1 is 1.11 bits per heavy atom. The summed E-state index contributed by atoms with van der Waals surface area (Å²) in [5, 5.41) is 9.44. The highest BCUT2D eigenvalue weighted by Gasteiger charge is 2.14. The van der Waals surface area contributed by atoms with Gasteiger partial charge in [0.25, 0.3) is 0 Å². The molecule has 0 aliphatic carbocycles. The zero-order chi connectivity index (χ0) is 13.9. The van der Waals surface area contributed by atoms with Crippen molar-refractivity contribution in [2.24, 2.45) is 0 Å². The van der Waals surface area contributed by atoms with Gasteiger partial charge in [-0.2, -0.15) is 11.8 Å². The molecule has 0 aliphatic rings. The fraction of sp³-hybridized carbons (Fsp3) is 0.429. The number of benzene rings is 1. The van der Waals surface area contributed by atoms with Crippen LogP contribution < -0.4 is 0 Å². The van der Waals surface area contributed by atoms with Gasteiger partial charge in [0.2, 0.25) is 11.8 Å². The van der Waals surface area contributed by atoms with Gasteiger partial charge < -0.3 is 4.42 Å². The predicted molar refractivity (Wildman–Crippen MR) is 84.0 cm³/mol. The van der Waals surface area contributed by atoms with E-state index >= 15 is 0 Å². The largest absolute Gasteiger partial charge is 0.420 e. The summed E-state index contributed by atoms with van der Waals surface area (Å²) in [5.41, 5.74) is 2.22. The topological polar surface area (TPSA) is 38.9 Å². The average molecular weight is 292 g/mol. The first-order chi connectivity index (χ1) is 8.94. The van der Waals surface area contributed by atoms with Gasteiger partial charge in [0.05, 0.1) is 13.8 Å². The number of nitrogens with zero attached hydrogens (tertiary/aromatic N) is 2. The van der Waals surface area contributed by atoms with Crippen molar-refractivity contribution < 1.29 is 4.42 Å². The maximum atomic E-state index is 5.70. The molecule has 2 aromatic rings. The van der Waals surface area contributed by atoms with Gasteiger partial charge in [0, 0.05) is 5.56 Å². The van der Waals surface area contributed by atoms with Crippen molar-refractivity contribution in [2.45, 2.75) is 32.3 Å². The monoisotopic (exact) mass is 292 g/mol. The molecule has 0 bridgehead atoms. The Kier molecular flexibility index (Phi) is 4.47. The maximum Gasteiger partial charge on any atom is 0.247 e. The Morgan fingerprint density at radius 2 is 1.79 bits per heavy atom. The van der Waals surface area contributed by atoms with Crippen molar-refractivity contribution in [3.63, 3.8) is 0 Å². The van der Waals surface area contributed by atoms with E-state index in [4.69, 9.17) is 4.42 Å². The quantitative estimate of drug-likeness (QED) is 0.776. The minimum Gasteiger partial charge on any atom is -0.420 e. The van der Waals surface area contributed by atoms with Crippen LogP contribution in [0.4, 0.5) is 0 Å². The number of aryl methyl sites for hydroxylation is 1. The molecule has 0 spiro atoms. The Bertz CT molecular complexity index is 531. The van der Waals surface area contributed by atoms with Crippen LogP contribution in [-0.4, -0.2) is 23.6 Å². The summed E-state index contributed by atoms with van der Waals surface area (Å²) >= 11 is 1.89. The van der Waals surface area contributed by atoms with Gasteiger partial charge in [-0.05, 0) is 24.4 Å². The maximum absolute atomic E-state index is 5.70. The van der Waals surface area contributed by atoms with E-state index in [1.54, 1.807) is 0 Å². The van der Waals surface area contributed by atoms with Crippen molar-refractivity contribution in [3.8, 4) is 11.5 Å². The number of aromatic nitrogens is 2. The van der Waals surface area contributed by atoms with Gasteiger partial charge in [0.1, 0.15) is 0 Å². The second-order valence-electron chi connectivity index (χ2n) is 5.92. The molecular formula is C14H20N2OSSi. The summed E-state index contributed by atoms with van der Waals surface area (Å²) in [6.07, 6.45) is 0. The summed E-state index contributed by atoms with van der Waals surface area (Å²) < 4.78 is 5.70. The Labute approximate surface area is 119 Å². The number of hydrogen-bond donors (Lipinski definition) is 0. The van der Waals surface area contributed by atoms with Crippen LogP contribution in [0.25, 0.3) is 11.5 Å². The fourth-order valence-electron chi connectivity index (χ4n) is 1.57. The second-order valence-corrected chi connectivity index (χ2v) is 12.9. The molecule has 0 atom stereocenters. The summed E-state index contributed by atoms with van der Waals surface area (Å²) in [7, 11) is -1.00. The lowest BCUT2D eigenvalue weighted by molar-refractivity contribution is 0.528. The lowest BCUT2D eigenvalue weighted by Gasteiger charge is -2.13. The zero-order valence-electron chi connectivity index (χ0n) is 11.9. The highest BCUT2D eigenvalue weighted by Crippen LogP contribution is 2.21. The van der Waals surface area contributed by atoms with Crippen LogP contribution in [-0.2, 0) is 5.75 Å². The number of hydrogen-bond acceptors (Lipinski definition) is 4. The smallest absolute Gasteiger partial charge is 0.247 e. The minimum atomic E-state index is -1.00. The normalized spacial score (nSPS) is 11.8. The molecule has 0 saturated carbocycles.